The molecule has 4 aromatic heterocycles. The van der Waals surface area contributed by atoms with Crippen LogP contribution in [-0.2, 0) is 19.5 Å². The first kappa shape index (κ1) is 32.7. The minimum atomic E-state index is -0.415. The third-order valence-electron chi connectivity index (χ3n) is 7.27. The number of amides is 2. The zero-order chi connectivity index (χ0) is 33.0. The minimum absolute atomic E-state index is 0. The van der Waals surface area contributed by atoms with Gasteiger partial charge >= 0.3 is 31.3 Å². The SMILES string of the molecule is C/C(=N\NC(=O)c1cc2ccccc2o1)c1nc2ccccc2[n-]1.C/C(=N\NC(=O)c1cc2ccccc2o1)c1nc2ccccc2[n-]1.[Zn+2]. The van der Waals surface area contributed by atoms with E-state index >= 15 is 0 Å². The van der Waals surface area contributed by atoms with Crippen LogP contribution in [0.1, 0.15) is 46.6 Å². The Morgan fingerprint density at radius 3 is 1.39 bits per heavy atom. The molecule has 0 unspecified atom stereocenters. The Morgan fingerprint density at radius 1 is 0.592 bits per heavy atom. The smallest absolute Gasteiger partial charge is 0.451 e. The zero-order valence-corrected chi connectivity index (χ0v) is 29.4. The molecule has 0 atom stereocenters. The standard InChI is InChI=1S/2C18H14N4O2.Zn/c2*1-11(17-19-13-7-3-4-8-14(13)20-17)21-22-18(23)16-10-12-6-2-5-9-15(12)24-16;/h2*2-10H,1H3,(H2,19,20,21,22,23);/q;;+2/p-2. The molecule has 49 heavy (non-hydrogen) atoms. The van der Waals surface area contributed by atoms with Crippen molar-refractivity contribution in [2.24, 2.45) is 10.2 Å². The van der Waals surface area contributed by atoms with Crippen LogP contribution in [0, 0.1) is 0 Å². The van der Waals surface area contributed by atoms with Crippen molar-refractivity contribution in [3.05, 3.63) is 132 Å². The van der Waals surface area contributed by atoms with Crippen molar-refractivity contribution in [1.82, 2.24) is 30.8 Å². The number of para-hydroxylation sites is 6. The largest absolute Gasteiger partial charge is 2.00 e. The van der Waals surface area contributed by atoms with Crippen molar-refractivity contribution in [2.45, 2.75) is 13.8 Å². The Hall–Kier alpha value is -6.20. The summed E-state index contributed by atoms with van der Waals surface area (Å²) in [4.78, 5) is 41.9. The quantitative estimate of drug-likeness (QED) is 0.118. The molecule has 4 aromatic carbocycles. The molecule has 0 saturated carbocycles. The maximum Gasteiger partial charge on any atom is 2.00 e. The van der Waals surface area contributed by atoms with Gasteiger partial charge in [0.05, 0.1) is 11.4 Å². The van der Waals surface area contributed by atoms with Gasteiger partial charge in [0.15, 0.2) is 11.5 Å². The van der Waals surface area contributed by atoms with Gasteiger partial charge in [0.25, 0.3) is 0 Å². The van der Waals surface area contributed by atoms with Gasteiger partial charge in [-0.15, -0.1) is 0 Å². The summed E-state index contributed by atoms with van der Waals surface area (Å²) >= 11 is 0. The first-order valence-corrected chi connectivity index (χ1v) is 14.9. The average molecular weight is 700 g/mol. The van der Waals surface area contributed by atoms with E-state index in [0.29, 0.717) is 34.2 Å². The summed E-state index contributed by atoms with van der Waals surface area (Å²) in [6.45, 7) is 3.49. The second-order valence-corrected chi connectivity index (χ2v) is 10.6. The summed E-state index contributed by atoms with van der Waals surface area (Å²) in [5.41, 5.74) is 10.5. The third kappa shape index (κ3) is 7.22. The summed E-state index contributed by atoms with van der Waals surface area (Å²) in [6, 6.07) is 33.4. The van der Waals surface area contributed by atoms with Crippen LogP contribution >= 0.6 is 0 Å². The molecule has 0 saturated heterocycles. The van der Waals surface area contributed by atoms with Crippen molar-refractivity contribution in [2.75, 3.05) is 0 Å². The molecule has 12 nitrogen and oxygen atoms in total. The Morgan fingerprint density at radius 2 is 0.980 bits per heavy atom. The van der Waals surface area contributed by atoms with Crippen LogP contribution in [0.3, 0.4) is 0 Å². The first-order chi connectivity index (χ1) is 23.4. The predicted molar refractivity (Wildman–Crippen MR) is 182 cm³/mol. The fourth-order valence-electron chi connectivity index (χ4n) is 4.80. The number of nitrogens with zero attached hydrogens (tertiary/aromatic N) is 6. The topological polar surface area (TPSA) is 163 Å². The zero-order valence-electron chi connectivity index (χ0n) is 26.4. The first-order valence-electron chi connectivity index (χ1n) is 14.9. The number of carbonyl (C=O) groups excluding carboxylic acids is 2. The van der Waals surface area contributed by atoms with Gasteiger partial charge in [-0.3, -0.25) is 9.59 Å². The van der Waals surface area contributed by atoms with Gasteiger partial charge in [-0.1, -0.05) is 84.9 Å². The molecular weight excluding hydrogens is 674 g/mol. The molecule has 0 radical (unpaired) electrons. The van der Waals surface area contributed by atoms with E-state index < -0.39 is 11.8 Å². The number of hydrogen-bond donors (Lipinski definition) is 2. The normalized spacial score (nSPS) is 11.7. The van der Waals surface area contributed by atoms with Crippen LogP contribution in [-0.4, -0.2) is 33.2 Å². The fraction of sp³-hybridized carbons (Fsp3) is 0.0556. The average Bonchev–Trinajstić information content (AvgIpc) is 3.93. The summed E-state index contributed by atoms with van der Waals surface area (Å²) < 4.78 is 11.0. The van der Waals surface area contributed by atoms with E-state index in [1.54, 1.807) is 26.0 Å². The number of furan rings is 2. The number of imidazole rings is 2. The number of nitrogens with one attached hydrogen (secondary N) is 2. The van der Waals surface area contributed by atoms with E-state index in [4.69, 9.17) is 8.83 Å². The van der Waals surface area contributed by atoms with Gasteiger partial charge in [0, 0.05) is 10.8 Å². The number of aromatic nitrogens is 4. The van der Waals surface area contributed by atoms with Crippen LogP contribution in [0.2, 0.25) is 0 Å². The summed E-state index contributed by atoms with van der Waals surface area (Å²) in [7, 11) is 0. The van der Waals surface area contributed by atoms with Gasteiger partial charge in [-0.05, 0) is 71.8 Å². The van der Waals surface area contributed by atoms with Gasteiger partial charge in [-0.25, -0.2) is 10.9 Å². The van der Waals surface area contributed by atoms with Crippen molar-refractivity contribution < 1.29 is 37.9 Å². The fourth-order valence-corrected chi connectivity index (χ4v) is 4.80. The number of carbonyl (C=O) groups is 2. The van der Waals surface area contributed by atoms with Crippen LogP contribution in [0.25, 0.3) is 44.0 Å². The van der Waals surface area contributed by atoms with Gasteiger partial charge in [0.1, 0.15) is 11.2 Å². The maximum absolute atomic E-state index is 12.2. The van der Waals surface area contributed by atoms with Crippen LogP contribution in [0.15, 0.2) is 128 Å². The van der Waals surface area contributed by atoms with Crippen LogP contribution < -0.4 is 20.8 Å². The Kier molecular flexibility index (Phi) is 9.54. The van der Waals surface area contributed by atoms with E-state index in [2.05, 4.69) is 41.0 Å². The second-order valence-electron chi connectivity index (χ2n) is 10.6. The summed E-state index contributed by atoms with van der Waals surface area (Å²) in [5, 5.41) is 9.88. The molecular formula is C36H26N8O4Zn. The molecule has 0 bridgehead atoms. The number of benzene rings is 4. The molecule has 8 aromatic rings. The third-order valence-corrected chi connectivity index (χ3v) is 7.27. The maximum atomic E-state index is 12.2. The molecule has 0 aliphatic heterocycles. The molecule has 236 valence electrons. The van der Waals surface area contributed by atoms with E-state index in [0.717, 1.165) is 32.8 Å². The van der Waals surface area contributed by atoms with Gasteiger partial charge in [-0.2, -0.15) is 10.2 Å². The van der Waals surface area contributed by atoms with E-state index in [1.807, 2.05) is 97.1 Å². The van der Waals surface area contributed by atoms with Crippen molar-refractivity contribution in [3.63, 3.8) is 0 Å². The number of hydrazone groups is 2. The van der Waals surface area contributed by atoms with Gasteiger partial charge < -0.3 is 28.8 Å². The second kappa shape index (κ2) is 14.3. The van der Waals surface area contributed by atoms with E-state index in [-0.39, 0.29) is 31.0 Å². The molecule has 2 N–H and O–H groups in total. The molecule has 0 spiro atoms. The van der Waals surface area contributed by atoms with Crippen molar-refractivity contribution in [1.29, 1.82) is 0 Å². The molecule has 13 heteroatoms. The number of fused-ring (bicyclic) bond motifs is 4. The van der Waals surface area contributed by atoms with Crippen LogP contribution in [0.5, 0.6) is 0 Å². The van der Waals surface area contributed by atoms with E-state index in [1.165, 1.54) is 0 Å². The Bertz CT molecular complexity index is 2200. The molecule has 0 fully saturated rings. The van der Waals surface area contributed by atoms with Gasteiger partial charge in [0.2, 0.25) is 0 Å². The minimum Gasteiger partial charge on any atom is -0.451 e. The van der Waals surface area contributed by atoms with Crippen molar-refractivity contribution >= 4 is 67.2 Å². The summed E-state index contributed by atoms with van der Waals surface area (Å²) in [6.07, 6.45) is 0. The monoisotopic (exact) mass is 698 g/mol. The van der Waals surface area contributed by atoms with E-state index in [9.17, 15) is 9.59 Å². The van der Waals surface area contributed by atoms with Crippen LogP contribution in [0.4, 0.5) is 0 Å². The molecule has 2 amide bonds. The predicted octanol–water partition coefficient (Wildman–Crippen LogP) is 6.18. The molecule has 0 aliphatic carbocycles. The van der Waals surface area contributed by atoms with Crippen molar-refractivity contribution in [3.8, 4) is 0 Å². The number of rotatable bonds is 6. The molecule has 4 heterocycles. The Balaban J connectivity index is 0.000000167. The molecule has 8 rings (SSSR count). The summed E-state index contributed by atoms with van der Waals surface area (Å²) in [5.74, 6) is 0.563. The number of hydrogen-bond acceptors (Lipinski definition) is 8. The Labute approximate surface area is 291 Å². The molecule has 0 aliphatic rings.